The van der Waals surface area contributed by atoms with Gasteiger partial charge in [0.1, 0.15) is 6.07 Å². The summed E-state index contributed by atoms with van der Waals surface area (Å²) in [5, 5.41) is 9.45. The molecule has 1 atom stereocenters. The third kappa shape index (κ3) is 3.13. The van der Waals surface area contributed by atoms with Gasteiger partial charge in [0.15, 0.2) is 0 Å². The minimum atomic E-state index is 0.412. The van der Waals surface area contributed by atoms with Crippen molar-refractivity contribution in [2.24, 2.45) is 0 Å². The molecule has 0 amide bonds. The molecule has 0 radical (unpaired) electrons. The molecule has 3 rings (SSSR count). The van der Waals surface area contributed by atoms with Gasteiger partial charge in [0, 0.05) is 17.3 Å². The summed E-state index contributed by atoms with van der Waals surface area (Å²) >= 11 is 0. The fraction of sp³-hybridized carbons (Fsp3) is 0.400. The number of hydrogen-bond acceptors (Lipinski definition) is 3. The molecule has 1 aliphatic heterocycles. The van der Waals surface area contributed by atoms with Crippen LogP contribution in [0.2, 0.25) is 0 Å². The van der Waals surface area contributed by atoms with E-state index in [0.717, 1.165) is 22.5 Å². The van der Waals surface area contributed by atoms with E-state index in [0.29, 0.717) is 11.6 Å². The number of nitriles is 1. The van der Waals surface area contributed by atoms with Crippen LogP contribution in [0.1, 0.15) is 48.2 Å². The second-order valence-electron chi connectivity index (χ2n) is 6.44. The molecule has 3 heteroatoms. The lowest BCUT2D eigenvalue weighted by Crippen LogP contribution is -2.23. The van der Waals surface area contributed by atoms with Crippen molar-refractivity contribution in [2.45, 2.75) is 39.7 Å². The zero-order chi connectivity index (χ0) is 16.4. The fourth-order valence-electron chi connectivity index (χ4n) is 3.30. The van der Waals surface area contributed by atoms with Gasteiger partial charge in [0.05, 0.1) is 11.3 Å². The van der Waals surface area contributed by atoms with Gasteiger partial charge < -0.3 is 0 Å². The van der Waals surface area contributed by atoms with Crippen LogP contribution in [0.3, 0.4) is 0 Å². The predicted octanol–water partition coefficient (Wildman–Crippen LogP) is 4.39. The summed E-state index contributed by atoms with van der Waals surface area (Å²) in [6, 6.07) is 13.2. The number of likely N-dealkylation sites (tertiary alicyclic amines) is 1. The summed E-state index contributed by atoms with van der Waals surface area (Å²) in [5.41, 5.74) is 5.83. The van der Waals surface area contributed by atoms with Gasteiger partial charge in [-0.25, -0.2) is 0 Å². The van der Waals surface area contributed by atoms with Crippen molar-refractivity contribution in [1.82, 2.24) is 9.88 Å². The smallest absolute Gasteiger partial charge is 0.101 e. The highest BCUT2D eigenvalue weighted by molar-refractivity contribution is 5.68. The molecule has 0 N–H and O–H groups in total. The Morgan fingerprint density at radius 1 is 1.17 bits per heavy atom. The second kappa shape index (κ2) is 6.52. The Kier molecular flexibility index (Phi) is 4.45. The first kappa shape index (κ1) is 15.7. The number of aromatic nitrogens is 1. The van der Waals surface area contributed by atoms with Crippen LogP contribution in [0.5, 0.6) is 0 Å². The van der Waals surface area contributed by atoms with Crippen molar-refractivity contribution in [2.75, 3.05) is 13.1 Å². The summed E-state index contributed by atoms with van der Waals surface area (Å²) in [5.74, 6) is 0. The van der Waals surface area contributed by atoms with Gasteiger partial charge in [-0.15, -0.1) is 0 Å². The number of aryl methyl sites for hydroxylation is 2. The third-order valence-electron chi connectivity index (χ3n) is 4.92. The van der Waals surface area contributed by atoms with E-state index >= 15 is 0 Å². The first-order chi connectivity index (χ1) is 11.1. The Morgan fingerprint density at radius 3 is 2.61 bits per heavy atom. The fourth-order valence-corrected chi connectivity index (χ4v) is 3.30. The van der Waals surface area contributed by atoms with Crippen LogP contribution in [0, 0.1) is 25.2 Å². The molecular formula is C20H23N3. The molecular weight excluding hydrogens is 282 g/mol. The van der Waals surface area contributed by atoms with E-state index in [1.54, 1.807) is 0 Å². The number of hydrogen-bond donors (Lipinski definition) is 0. The van der Waals surface area contributed by atoms with Crippen LogP contribution >= 0.6 is 0 Å². The number of benzene rings is 1. The Bertz CT molecular complexity index is 752. The molecule has 0 saturated carbocycles. The highest BCUT2D eigenvalue weighted by Gasteiger charge is 2.20. The Hall–Kier alpha value is -2.18. The number of nitrogens with zero attached hydrogens (tertiary/aromatic N) is 3. The number of rotatable bonds is 3. The lowest BCUT2D eigenvalue weighted by Gasteiger charge is -2.24. The zero-order valence-corrected chi connectivity index (χ0v) is 14.1. The molecule has 23 heavy (non-hydrogen) atoms. The van der Waals surface area contributed by atoms with Crippen LogP contribution in [0.15, 0.2) is 30.3 Å². The molecule has 1 fully saturated rings. The van der Waals surface area contributed by atoms with Gasteiger partial charge in [-0.3, -0.25) is 9.88 Å². The van der Waals surface area contributed by atoms with E-state index in [4.69, 9.17) is 0 Å². The van der Waals surface area contributed by atoms with E-state index in [2.05, 4.69) is 47.1 Å². The van der Waals surface area contributed by atoms with Crippen molar-refractivity contribution in [3.63, 3.8) is 0 Å². The van der Waals surface area contributed by atoms with Crippen molar-refractivity contribution >= 4 is 0 Å². The van der Waals surface area contributed by atoms with Gasteiger partial charge in [0.25, 0.3) is 0 Å². The lowest BCUT2D eigenvalue weighted by atomic mass is 9.99. The summed E-state index contributed by atoms with van der Waals surface area (Å²) in [6.45, 7) is 8.62. The average molecular weight is 305 g/mol. The van der Waals surface area contributed by atoms with E-state index in [1.807, 2.05) is 19.9 Å². The largest absolute Gasteiger partial charge is 0.297 e. The number of pyridine rings is 1. The molecule has 0 spiro atoms. The minimum absolute atomic E-state index is 0.412. The average Bonchev–Trinajstić information content (AvgIpc) is 3.11. The molecule has 3 nitrogen and oxygen atoms in total. The van der Waals surface area contributed by atoms with Gasteiger partial charge >= 0.3 is 0 Å². The van der Waals surface area contributed by atoms with Crippen LogP contribution in [0.4, 0.5) is 0 Å². The molecule has 1 aliphatic rings. The normalized spacial score (nSPS) is 16.3. The second-order valence-corrected chi connectivity index (χ2v) is 6.44. The van der Waals surface area contributed by atoms with Gasteiger partial charge in [-0.1, -0.05) is 18.2 Å². The molecule has 1 aromatic carbocycles. The van der Waals surface area contributed by atoms with Crippen LogP contribution in [-0.4, -0.2) is 23.0 Å². The molecule has 0 bridgehead atoms. The highest BCUT2D eigenvalue weighted by Crippen LogP contribution is 2.29. The Morgan fingerprint density at radius 2 is 1.91 bits per heavy atom. The summed E-state index contributed by atoms with van der Waals surface area (Å²) in [4.78, 5) is 7.20. The SMILES string of the molecule is Cc1cc(C#N)c(-c2cccc([C@H](C)N3CCCC3)c2)nc1C. The topological polar surface area (TPSA) is 39.9 Å². The molecule has 118 valence electrons. The molecule has 1 aromatic heterocycles. The highest BCUT2D eigenvalue weighted by atomic mass is 15.2. The van der Waals surface area contributed by atoms with Gasteiger partial charge in [-0.05, 0) is 70.0 Å². The van der Waals surface area contributed by atoms with Crippen LogP contribution in [-0.2, 0) is 0 Å². The monoisotopic (exact) mass is 305 g/mol. The van der Waals surface area contributed by atoms with Crippen LogP contribution < -0.4 is 0 Å². The first-order valence-corrected chi connectivity index (χ1v) is 8.33. The van der Waals surface area contributed by atoms with Gasteiger partial charge in [-0.2, -0.15) is 5.26 Å². The maximum Gasteiger partial charge on any atom is 0.101 e. The molecule has 1 saturated heterocycles. The first-order valence-electron chi connectivity index (χ1n) is 8.33. The molecule has 2 aromatic rings. The maximum atomic E-state index is 9.45. The molecule has 2 heterocycles. The summed E-state index contributed by atoms with van der Waals surface area (Å²) < 4.78 is 0. The Balaban J connectivity index is 2.00. The van der Waals surface area contributed by atoms with Gasteiger partial charge in [0.2, 0.25) is 0 Å². The predicted molar refractivity (Wildman–Crippen MR) is 93.1 cm³/mol. The van der Waals surface area contributed by atoms with Crippen LogP contribution in [0.25, 0.3) is 11.3 Å². The Labute approximate surface area is 138 Å². The minimum Gasteiger partial charge on any atom is -0.297 e. The zero-order valence-electron chi connectivity index (χ0n) is 14.1. The van der Waals surface area contributed by atoms with E-state index < -0.39 is 0 Å². The quantitative estimate of drug-likeness (QED) is 0.844. The van der Waals surface area contributed by atoms with Crippen molar-refractivity contribution in [1.29, 1.82) is 5.26 Å². The van der Waals surface area contributed by atoms with Crippen molar-refractivity contribution < 1.29 is 0 Å². The van der Waals surface area contributed by atoms with E-state index in [1.165, 1.54) is 31.5 Å². The summed E-state index contributed by atoms with van der Waals surface area (Å²) in [6.07, 6.45) is 2.59. The standard InChI is InChI=1S/C20H23N3/c1-14-11-19(13-21)20(22-15(14)2)18-8-6-7-17(12-18)16(3)23-9-4-5-10-23/h6-8,11-12,16H,4-5,9-10H2,1-3H3/t16-/m0/s1. The van der Waals surface area contributed by atoms with E-state index in [-0.39, 0.29) is 0 Å². The van der Waals surface area contributed by atoms with E-state index in [9.17, 15) is 5.26 Å². The van der Waals surface area contributed by atoms with Crippen molar-refractivity contribution in [3.8, 4) is 17.3 Å². The maximum absolute atomic E-state index is 9.45. The third-order valence-corrected chi connectivity index (χ3v) is 4.92. The summed E-state index contributed by atoms with van der Waals surface area (Å²) in [7, 11) is 0. The van der Waals surface area contributed by atoms with Crippen molar-refractivity contribution in [3.05, 3.63) is 52.7 Å². The lowest BCUT2D eigenvalue weighted by molar-refractivity contribution is 0.263. The molecule has 0 aliphatic carbocycles. The molecule has 0 unspecified atom stereocenters.